The summed E-state index contributed by atoms with van der Waals surface area (Å²) in [6.45, 7) is 3.64. The summed E-state index contributed by atoms with van der Waals surface area (Å²) < 4.78 is 4.17. The molecule has 0 aliphatic heterocycles. The molecule has 0 bridgehead atoms. The van der Waals surface area contributed by atoms with Crippen molar-refractivity contribution in [2.75, 3.05) is 51.7 Å². The van der Waals surface area contributed by atoms with Gasteiger partial charge in [0.05, 0.1) is 44.6 Å². The highest BCUT2D eigenvalue weighted by molar-refractivity contribution is 5.98. The predicted molar refractivity (Wildman–Crippen MR) is 267 cm³/mol. The van der Waals surface area contributed by atoms with Crippen molar-refractivity contribution < 1.29 is 70.0 Å². The molecule has 0 aliphatic carbocycles. The summed E-state index contributed by atoms with van der Waals surface area (Å²) in [5.74, 6) is -0.344. The molecule has 73 heavy (non-hydrogen) atoms. The van der Waals surface area contributed by atoms with Crippen LogP contribution in [0.15, 0.2) is 54.7 Å². The lowest BCUT2D eigenvalue weighted by atomic mass is 10.0. The summed E-state index contributed by atoms with van der Waals surface area (Å²) in [6.07, 6.45) is -9.33. The van der Waals surface area contributed by atoms with Crippen molar-refractivity contribution in [3.63, 3.8) is 0 Å². The third-order valence-corrected chi connectivity index (χ3v) is 13.0. The van der Waals surface area contributed by atoms with Gasteiger partial charge in [-0.05, 0) is 94.8 Å². The van der Waals surface area contributed by atoms with Crippen molar-refractivity contribution >= 4 is 45.7 Å². The van der Waals surface area contributed by atoms with Gasteiger partial charge in [0.15, 0.2) is 28.2 Å². The Hall–Kier alpha value is -5.74. The number of nitrogen functional groups attached to an aromatic ring is 1. The lowest BCUT2D eigenvalue weighted by Crippen LogP contribution is -2.53. The molecule has 1 unspecified atom stereocenters. The number of aliphatic hydroxyl groups is 10. The van der Waals surface area contributed by atoms with Crippen LogP contribution in [0.5, 0.6) is 0 Å². The van der Waals surface area contributed by atoms with Crippen LogP contribution in [0.2, 0.25) is 0 Å². The molecule has 0 fully saturated rings. The average Bonchev–Trinajstić information content (AvgIpc) is 3.98. The van der Waals surface area contributed by atoms with Gasteiger partial charge in [-0.2, -0.15) is 0 Å². The molecule has 0 saturated heterocycles. The van der Waals surface area contributed by atoms with E-state index in [1.807, 2.05) is 50.2 Å². The second kappa shape index (κ2) is 28.1. The van der Waals surface area contributed by atoms with Gasteiger partial charge in [-0.25, -0.2) is 19.1 Å². The molecule has 5 rings (SSSR count). The number of aromatic amines is 1. The summed E-state index contributed by atoms with van der Waals surface area (Å²) in [6, 6.07) is 14.6. The third-order valence-electron chi connectivity index (χ3n) is 13.0. The molecule has 9 atom stereocenters. The van der Waals surface area contributed by atoms with E-state index in [2.05, 4.69) is 40.0 Å². The SMILES string of the molecule is CCn1c(CNC(=O)c2nc3cc[nH]c3nc2N)[n+](CC)c2ccc(C(=O)NCCCCc3ccc(CCC(NCCCN(C[C@H](O)[C@@H](O)[C@H](O)[C@H](O)CO)C[C@H](O)[C@@H](O)[C@H](O)[C@H](O)CO)C(N)=O)cc3)cc21. The van der Waals surface area contributed by atoms with E-state index in [1.54, 1.807) is 18.3 Å². The Labute approximate surface area is 422 Å². The van der Waals surface area contributed by atoms with Crippen molar-refractivity contribution in [1.82, 2.24) is 40.4 Å². The van der Waals surface area contributed by atoms with Gasteiger partial charge >= 0.3 is 0 Å². The summed E-state index contributed by atoms with van der Waals surface area (Å²) in [4.78, 5) is 51.8. The number of benzene rings is 2. The lowest BCUT2D eigenvalue weighted by molar-refractivity contribution is -0.676. The number of nitrogens with one attached hydrogen (secondary N) is 4. The number of nitrogens with two attached hydrogens (primary N) is 2. The van der Waals surface area contributed by atoms with Gasteiger partial charge in [0.1, 0.15) is 48.7 Å². The highest BCUT2D eigenvalue weighted by atomic mass is 16.4. The van der Waals surface area contributed by atoms with Crippen LogP contribution in [-0.2, 0) is 37.3 Å². The molecule has 0 spiro atoms. The zero-order valence-electron chi connectivity index (χ0n) is 41.3. The average molecular weight is 1030 g/mol. The Morgan fingerprint density at radius 1 is 0.753 bits per heavy atom. The number of rotatable bonds is 32. The van der Waals surface area contributed by atoms with E-state index in [4.69, 9.17) is 21.7 Å². The smallest absolute Gasteiger partial charge is 0.277 e. The molecular formula is C49H74N11O13+. The first kappa shape index (κ1) is 58.2. The number of primary amides is 1. The van der Waals surface area contributed by atoms with Crippen LogP contribution >= 0.6 is 0 Å². The van der Waals surface area contributed by atoms with Crippen molar-refractivity contribution in [3.8, 4) is 0 Å². The molecule has 402 valence electrons. The standard InChI is InChI=1S/C49H73N11O13/c1-3-59-33-16-14-30(22-34(33)60(4-2)39(59)23-55-49(73)40-45(50)57-47-32(56-40)17-20-53-47)48(72)54-18-6-5-8-28-9-11-29(12-10-28)13-15-31(46(51)71)52-19-7-21-58(24-35(63)41(67)43(69)37(65)26-61)25-36(64)42(68)44(70)38(66)27-62/h9-12,14,16-17,20,22,31,35-38,41-44,52,61-70H,3-8,13,15,18-19,21,23-27H2,1-2H3,(H6-,50,51,53,54,55,56,57,71,72,73)/p+1/t31?,35-,36-,37+,38+,41+,42+,43+,44+/m0/s1. The molecule has 24 heteroatoms. The zero-order chi connectivity index (χ0) is 53.4. The number of carbonyl (C=O) groups excluding carboxylic acids is 3. The lowest BCUT2D eigenvalue weighted by Gasteiger charge is -2.33. The third kappa shape index (κ3) is 15.6. The number of amides is 3. The summed E-state index contributed by atoms with van der Waals surface area (Å²) in [7, 11) is 0. The highest BCUT2D eigenvalue weighted by Crippen LogP contribution is 2.20. The molecule has 2 aromatic carbocycles. The van der Waals surface area contributed by atoms with Gasteiger partial charge in [0.2, 0.25) is 5.91 Å². The van der Waals surface area contributed by atoms with Gasteiger partial charge < -0.3 is 83.5 Å². The van der Waals surface area contributed by atoms with E-state index in [1.165, 1.54) is 4.90 Å². The van der Waals surface area contributed by atoms with Crippen molar-refractivity contribution in [1.29, 1.82) is 0 Å². The fraction of sp³-hybridized carbons (Fsp3) is 0.551. The van der Waals surface area contributed by atoms with Crippen molar-refractivity contribution in [2.24, 2.45) is 5.73 Å². The molecular weight excluding hydrogens is 951 g/mol. The first-order chi connectivity index (χ1) is 34.9. The van der Waals surface area contributed by atoms with E-state index in [0.29, 0.717) is 49.2 Å². The number of aryl methyl sites for hydroxylation is 4. The molecule has 3 amide bonds. The zero-order valence-corrected chi connectivity index (χ0v) is 41.3. The maximum atomic E-state index is 13.3. The van der Waals surface area contributed by atoms with E-state index in [0.717, 1.165) is 47.2 Å². The van der Waals surface area contributed by atoms with E-state index in [-0.39, 0.29) is 43.5 Å². The Morgan fingerprint density at radius 3 is 1.96 bits per heavy atom. The fourth-order valence-corrected chi connectivity index (χ4v) is 8.72. The monoisotopic (exact) mass is 1020 g/mol. The molecule has 0 radical (unpaired) electrons. The molecule has 24 nitrogen and oxygen atoms in total. The van der Waals surface area contributed by atoms with Gasteiger partial charge in [-0.1, -0.05) is 24.3 Å². The number of aliphatic hydroxyl groups excluding tert-OH is 10. The number of anilines is 1. The van der Waals surface area contributed by atoms with Crippen molar-refractivity contribution in [3.05, 3.63) is 82.9 Å². The maximum absolute atomic E-state index is 13.3. The number of hydrogen-bond acceptors (Lipinski definition) is 18. The Balaban J connectivity index is 1.06. The first-order valence-electron chi connectivity index (χ1n) is 24.6. The number of unbranched alkanes of at least 4 members (excludes halogenated alkanes) is 1. The van der Waals surface area contributed by atoms with Gasteiger partial charge in [-0.15, -0.1) is 0 Å². The number of H-pyrrole nitrogens is 1. The van der Waals surface area contributed by atoms with Gasteiger partial charge in [0.25, 0.3) is 17.6 Å². The van der Waals surface area contributed by atoms with Crippen molar-refractivity contribution in [2.45, 2.75) is 127 Å². The van der Waals surface area contributed by atoms with E-state index < -0.39 is 93.0 Å². The molecule has 0 aliphatic rings. The topological polar surface area (TPSA) is 395 Å². The minimum Gasteiger partial charge on any atom is -0.394 e. The molecule has 5 aromatic rings. The molecule has 3 heterocycles. The fourth-order valence-electron chi connectivity index (χ4n) is 8.72. The Morgan fingerprint density at radius 2 is 1.37 bits per heavy atom. The van der Waals surface area contributed by atoms with Crippen LogP contribution in [0.1, 0.15) is 77.3 Å². The van der Waals surface area contributed by atoms with Crippen LogP contribution in [0.4, 0.5) is 5.82 Å². The normalized spacial score (nSPS) is 15.7. The van der Waals surface area contributed by atoms with Crippen LogP contribution in [-0.4, -0.2) is 194 Å². The second-order valence-electron chi connectivity index (χ2n) is 18.1. The number of aromatic nitrogens is 5. The largest absolute Gasteiger partial charge is 0.394 e. The number of nitrogens with zero attached hydrogens (tertiary/aromatic N) is 5. The first-order valence-corrected chi connectivity index (χ1v) is 24.6. The highest BCUT2D eigenvalue weighted by Gasteiger charge is 2.34. The predicted octanol–water partition coefficient (Wildman–Crippen LogP) is -3.56. The van der Waals surface area contributed by atoms with Crippen LogP contribution < -0.4 is 32.0 Å². The minimum absolute atomic E-state index is 0.0240. The number of hydrogen-bond donors (Lipinski definition) is 16. The van der Waals surface area contributed by atoms with Gasteiger partial charge in [0, 0.05) is 37.5 Å². The van der Waals surface area contributed by atoms with E-state index in [9.17, 15) is 55.2 Å². The Bertz CT molecular complexity index is 2510. The van der Waals surface area contributed by atoms with Crippen LogP contribution in [0.3, 0.4) is 0 Å². The number of imidazole rings is 1. The maximum Gasteiger partial charge on any atom is 0.277 e. The summed E-state index contributed by atoms with van der Waals surface area (Å²) in [5, 5.41) is 109. The second-order valence-corrected chi connectivity index (χ2v) is 18.1. The van der Waals surface area contributed by atoms with Gasteiger partial charge in [-0.3, -0.25) is 19.3 Å². The molecule has 18 N–H and O–H groups in total. The Kier molecular flexibility index (Phi) is 22.4. The number of fused-ring (bicyclic) bond motifs is 2. The van der Waals surface area contributed by atoms with Crippen LogP contribution in [0.25, 0.3) is 22.2 Å². The summed E-state index contributed by atoms with van der Waals surface area (Å²) in [5.41, 5.74) is 17.2. The minimum atomic E-state index is -1.91. The van der Waals surface area contributed by atoms with Crippen LogP contribution in [0, 0.1) is 0 Å². The number of carbonyl (C=O) groups is 3. The quantitative estimate of drug-likeness (QED) is 0.0146. The molecule has 0 saturated carbocycles. The molecule has 3 aromatic heterocycles. The summed E-state index contributed by atoms with van der Waals surface area (Å²) >= 11 is 0. The van der Waals surface area contributed by atoms with E-state index >= 15 is 0 Å².